The van der Waals surface area contributed by atoms with Gasteiger partial charge in [-0.3, -0.25) is 0 Å². The lowest BCUT2D eigenvalue weighted by molar-refractivity contribution is 0.179. The van der Waals surface area contributed by atoms with Crippen LogP contribution in [0.1, 0.15) is 0 Å². The normalized spacial score (nSPS) is 21.4. The van der Waals surface area contributed by atoms with E-state index in [2.05, 4.69) is 0 Å². The molecule has 0 spiro atoms. The number of ether oxygens (including phenoxy) is 2. The van der Waals surface area contributed by atoms with Gasteiger partial charge in [0.2, 0.25) is 6.29 Å². The van der Waals surface area contributed by atoms with Crippen LogP contribution in [0.5, 0.6) is 5.75 Å². The Bertz CT molecular complexity index is 241. The van der Waals surface area contributed by atoms with Gasteiger partial charge in [0.05, 0.1) is 0 Å². The Labute approximate surface area is 69.7 Å². The Morgan fingerprint density at radius 1 is 1.36 bits per heavy atom. The lowest BCUT2D eigenvalue weighted by Crippen LogP contribution is -1.96. The second-order valence-corrected chi connectivity index (χ2v) is 2.77. The highest BCUT2D eigenvalue weighted by Crippen LogP contribution is 2.20. The van der Waals surface area contributed by atoms with Gasteiger partial charge in [0.15, 0.2) is 0 Å². The molecule has 0 bridgehead atoms. The average molecular weight is 171 g/mol. The highest BCUT2D eigenvalue weighted by atomic mass is 35.5. The first-order valence-electron chi connectivity index (χ1n) is 3.38. The van der Waals surface area contributed by atoms with E-state index in [1.807, 2.05) is 12.1 Å². The molecule has 0 unspecified atom stereocenters. The van der Waals surface area contributed by atoms with Crippen LogP contribution < -0.4 is 4.74 Å². The third-order valence-corrected chi connectivity index (χ3v) is 1.64. The average Bonchev–Trinajstić information content (AvgIpc) is 2.78. The molecule has 1 heterocycles. The second kappa shape index (κ2) is 2.72. The van der Waals surface area contributed by atoms with Crippen LogP contribution in [-0.4, -0.2) is 12.9 Å². The molecule has 0 N–H and O–H groups in total. The summed E-state index contributed by atoms with van der Waals surface area (Å²) in [4.78, 5) is 0. The van der Waals surface area contributed by atoms with E-state index in [9.17, 15) is 0 Å². The third-order valence-electron chi connectivity index (χ3n) is 1.38. The van der Waals surface area contributed by atoms with Gasteiger partial charge < -0.3 is 9.47 Å². The van der Waals surface area contributed by atoms with E-state index in [0.29, 0.717) is 11.6 Å². The van der Waals surface area contributed by atoms with Crippen molar-refractivity contribution in [2.75, 3.05) is 6.61 Å². The van der Waals surface area contributed by atoms with Crippen LogP contribution in [0.4, 0.5) is 0 Å². The minimum Gasteiger partial charge on any atom is -0.462 e. The van der Waals surface area contributed by atoms with Crippen molar-refractivity contribution in [1.29, 1.82) is 0 Å². The van der Waals surface area contributed by atoms with E-state index in [-0.39, 0.29) is 6.29 Å². The standard InChI is InChI=1S/C8H7ClO2/c9-6-1-3-7(4-2-6)11-8-5-10-8/h1-4,8H,5H2/t8-/m0/s1. The second-order valence-electron chi connectivity index (χ2n) is 2.33. The summed E-state index contributed by atoms with van der Waals surface area (Å²) in [6.45, 7) is 0.697. The maximum atomic E-state index is 5.68. The first kappa shape index (κ1) is 6.95. The molecule has 11 heavy (non-hydrogen) atoms. The lowest BCUT2D eigenvalue weighted by atomic mass is 10.3. The maximum absolute atomic E-state index is 5.68. The fourth-order valence-electron chi connectivity index (χ4n) is 0.772. The molecule has 0 aromatic heterocycles. The zero-order valence-electron chi connectivity index (χ0n) is 5.79. The van der Waals surface area contributed by atoms with Gasteiger partial charge in [0, 0.05) is 5.02 Å². The van der Waals surface area contributed by atoms with Crippen molar-refractivity contribution in [2.24, 2.45) is 0 Å². The number of hydrogen-bond donors (Lipinski definition) is 0. The fourth-order valence-corrected chi connectivity index (χ4v) is 0.898. The molecule has 2 nitrogen and oxygen atoms in total. The zero-order chi connectivity index (χ0) is 7.68. The SMILES string of the molecule is Clc1ccc(O[C@H]2CO2)cc1. The van der Waals surface area contributed by atoms with Crippen LogP contribution in [0.15, 0.2) is 24.3 Å². The Balaban J connectivity index is 2.06. The van der Waals surface area contributed by atoms with Crippen LogP contribution in [0.25, 0.3) is 0 Å². The van der Waals surface area contributed by atoms with Gasteiger partial charge in [-0.1, -0.05) is 11.6 Å². The van der Waals surface area contributed by atoms with Crippen LogP contribution in [0, 0.1) is 0 Å². The monoisotopic (exact) mass is 170 g/mol. The van der Waals surface area contributed by atoms with Gasteiger partial charge in [0.1, 0.15) is 12.4 Å². The van der Waals surface area contributed by atoms with Crippen molar-refractivity contribution in [3.63, 3.8) is 0 Å². The highest BCUT2D eigenvalue weighted by molar-refractivity contribution is 6.30. The Morgan fingerprint density at radius 3 is 2.55 bits per heavy atom. The summed E-state index contributed by atoms with van der Waals surface area (Å²) >= 11 is 5.68. The topological polar surface area (TPSA) is 21.8 Å². The van der Waals surface area contributed by atoms with Gasteiger partial charge in [-0.2, -0.15) is 0 Å². The van der Waals surface area contributed by atoms with Crippen molar-refractivity contribution in [2.45, 2.75) is 6.29 Å². The predicted molar refractivity (Wildman–Crippen MR) is 41.8 cm³/mol. The molecule has 1 aromatic carbocycles. The van der Waals surface area contributed by atoms with Crippen LogP contribution in [0.3, 0.4) is 0 Å². The van der Waals surface area contributed by atoms with E-state index in [1.54, 1.807) is 12.1 Å². The van der Waals surface area contributed by atoms with E-state index in [1.165, 1.54) is 0 Å². The Morgan fingerprint density at radius 2 is 2.00 bits per heavy atom. The van der Waals surface area contributed by atoms with E-state index < -0.39 is 0 Å². The molecular formula is C8H7ClO2. The summed E-state index contributed by atoms with van der Waals surface area (Å²) in [5, 5.41) is 0.717. The van der Waals surface area contributed by atoms with E-state index >= 15 is 0 Å². The van der Waals surface area contributed by atoms with Crippen molar-refractivity contribution < 1.29 is 9.47 Å². The molecule has 0 aliphatic carbocycles. The summed E-state index contributed by atoms with van der Waals surface area (Å²) in [6, 6.07) is 7.23. The molecule has 1 atom stereocenters. The summed E-state index contributed by atoms with van der Waals surface area (Å²) < 4.78 is 10.2. The summed E-state index contributed by atoms with van der Waals surface area (Å²) in [7, 11) is 0. The lowest BCUT2D eigenvalue weighted by Gasteiger charge is -2.00. The van der Waals surface area contributed by atoms with Gasteiger partial charge in [-0.25, -0.2) is 0 Å². The predicted octanol–water partition coefficient (Wildman–Crippen LogP) is 2.08. The maximum Gasteiger partial charge on any atom is 0.223 e. The third kappa shape index (κ3) is 1.85. The molecule has 0 saturated carbocycles. The quantitative estimate of drug-likeness (QED) is 0.634. The Kier molecular flexibility index (Phi) is 1.72. The molecular weight excluding hydrogens is 164 g/mol. The number of rotatable bonds is 2. The minimum absolute atomic E-state index is 0.0313. The number of epoxide rings is 1. The van der Waals surface area contributed by atoms with Crippen LogP contribution >= 0.6 is 11.6 Å². The van der Waals surface area contributed by atoms with E-state index in [4.69, 9.17) is 21.1 Å². The molecule has 1 aromatic rings. The van der Waals surface area contributed by atoms with Gasteiger partial charge in [-0.15, -0.1) is 0 Å². The smallest absolute Gasteiger partial charge is 0.223 e. The molecule has 0 amide bonds. The Hall–Kier alpha value is -0.730. The van der Waals surface area contributed by atoms with Crippen LogP contribution in [0.2, 0.25) is 5.02 Å². The van der Waals surface area contributed by atoms with Crippen molar-refractivity contribution in [3.8, 4) is 5.75 Å². The molecule has 1 fully saturated rings. The first-order chi connectivity index (χ1) is 5.34. The van der Waals surface area contributed by atoms with E-state index in [0.717, 1.165) is 5.75 Å². The molecule has 58 valence electrons. The minimum atomic E-state index is -0.0313. The first-order valence-corrected chi connectivity index (χ1v) is 3.76. The summed E-state index contributed by atoms with van der Waals surface area (Å²) in [5.74, 6) is 0.803. The molecule has 0 radical (unpaired) electrons. The highest BCUT2D eigenvalue weighted by Gasteiger charge is 2.24. The largest absolute Gasteiger partial charge is 0.462 e. The van der Waals surface area contributed by atoms with Gasteiger partial charge in [0.25, 0.3) is 0 Å². The van der Waals surface area contributed by atoms with Crippen molar-refractivity contribution in [3.05, 3.63) is 29.3 Å². The van der Waals surface area contributed by atoms with Gasteiger partial charge in [-0.05, 0) is 24.3 Å². The number of halogens is 1. The molecule has 2 rings (SSSR count). The zero-order valence-corrected chi connectivity index (χ0v) is 6.54. The molecule has 3 heteroatoms. The number of benzene rings is 1. The summed E-state index contributed by atoms with van der Waals surface area (Å²) in [5.41, 5.74) is 0. The van der Waals surface area contributed by atoms with Crippen molar-refractivity contribution in [1.82, 2.24) is 0 Å². The molecule has 1 aliphatic rings. The molecule has 1 aliphatic heterocycles. The fraction of sp³-hybridized carbons (Fsp3) is 0.250. The van der Waals surface area contributed by atoms with Crippen molar-refractivity contribution >= 4 is 11.6 Å². The van der Waals surface area contributed by atoms with Crippen LogP contribution in [-0.2, 0) is 4.74 Å². The van der Waals surface area contributed by atoms with Gasteiger partial charge >= 0.3 is 0 Å². The number of hydrogen-bond acceptors (Lipinski definition) is 2. The molecule has 1 saturated heterocycles. The summed E-state index contributed by atoms with van der Waals surface area (Å²) in [6.07, 6.45) is -0.0313.